The van der Waals surface area contributed by atoms with E-state index in [0.29, 0.717) is 6.54 Å². The monoisotopic (exact) mass is 459 g/mol. The van der Waals surface area contributed by atoms with Gasteiger partial charge in [0.1, 0.15) is 5.01 Å². The third-order valence-corrected chi connectivity index (χ3v) is 4.29. The number of guanidine groups is 1. The number of thiazole rings is 1. The largest absolute Gasteiger partial charge is 0.355 e. The van der Waals surface area contributed by atoms with Gasteiger partial charge in [-0.2, -0.15) is 0 Å². The van der Waals surface area contributed by atoms with E-state index in [4.69, 9.17) is 0 Å². The Balaban J connectivity index is 0.00000288. The van der Waals surface area contributed by atoms with E-state index >= 15 is 0 Å². The van der Waals surface area contributed by atoms with Crippen molar-refractivity contribution in [2.45, 2.75) is 20.0 Å². The van der Waals surface area contributed by atoms with Crippen LogP contribution in [0, 0.1) is 6.92 Å². The Bertz CT molecular complexity index is 614. The molecule has 0 unspecified atom stereocenters. The summed E-state index contributed by atoms with van der Waals surface area (Å²) in [5.41, 5.74) is 1.33. The van der Waals surface area contributed by atoms with Crippen molar-refractivity contribution < 1.29 is 0 Å². The van der Waals surface area contributed by atoms with Crippen LogP contribution in [0.1, 0.15) is 15.4 Å². The van der Waals surface area contributed by atoms with Gasteiger partial charge in [0.15, 0.2) is 5.96 Å². The van der Waals surface area contributed by atoms with Crippen LogP contribution in [0.3, 0.4) is 0 Å². The van der Waals surface area contributed by atoms with Crippen molar-refractivity contribution in [2.75, 3.05) is 27.2 Å². The number of likely N-dealkylation sites (N-methyl/N-ethyl adjacent to an activating group) is 1. The first-order valence-electron chi connectivity index (χ1n) is 7.75. The van der Waals surface area contributed by atoms with Crippen molar-refractivity contribution in [3.05, 3.63) is 52.0 Å². The lowest BCUT2D eigenvalue weighted by Gasteiger charge is -2.18. The minimum atomic E-state index is 0. The Labute approximate surface area is 165 Å². The van der Waals surface area contributed by atoms with E-state index in [1.165, 1.54) is 10.4 Å². The van der Waals surface area contributed by atoms with Crippen molar-refractivity contribution in [1.82, 2.24) is 20.5 Å². The number of aromatic nitrogens is 1. The van der Waals surface area contributed by atoms with Gasteiger partial charge in [0, 0.05) is 37.8 Å². The molecule has 2 rings (SSSR count). The molecule has 2 N–H and O–H groups in total. The van der Waals surface area contributed by atoms with Crippen molar-refractivity contribution >= 4 is 41.3 Å². The molecule has 0 aliphatic heterocycles. The van der Waals surface area contributed by atoms with Crippen LogP contribution in [0.2, 0.25) is 0 Å². The molecule has 24 heavy (non-hydrogen) atoms. The van der Waals surface area contributed by atoms with Crippen LogP contribution in [0.4, 0.5) is 0 Å². The lowest BCUT2D eigenvalue weighted by atomic mass is 10.2. The third-order valence-electron chi connectivity index (χ3n) is 3.38. The summed E-state index contributed by atoms with van der Waals surface area (Å²) < 4.78 is 0. The van der Waals surface area contributed by atoms with Crippen molar-refractivity contribution in [1.29, 1.82) is 0 Å². The molecule has 1 aromatic carbocycles. The molecule has 0 aliphatic rings. The predicted octanol–water partition coefficient (Wildman–Crippen LogP) is 2.87. The fraction of sp³-hybridized carbons (Fsp3) is 0.412. The highest BCUT2D eigenvalue weighted by molar-refractivity contribution is 14.0. The van der Waals surface area contributed by atoms with Crippen LogP contribution >= 0.6 is 35.3 Å². The van der Waals surface area contributed by atoms with E-state index < -0.39 is 0 Å². The normalized spacial score (nSPS) is 11.2. The number of nitrogens with one attached hydrogen (secondary N) is 2. The van der Waals surface area contributed by atoms with Gasteiger partial charge in [-0.1, -0.05) is 30.3 Å². The van der Waals surface area contributed by atoms with Crippen LogP contribution in [-0.2, 0) is 13.1 Å². The first-order valence-corrected chi connectivity index (χ1v) is 8.57. The number of rotatable bonds is 7. The first kappa shape index (κ1) is 20.9. The van der Waals surface area contributed by atoms with Crippen LogP contribution in [0.25, 0.3) is 0 Å². The molecule has 0 aliphatic carbocycles. The van der Waals surface area contributed by atoms with E-state index in [1.54, 1.807) is 18.4 Å². The fourth-order valence-electron chi connectivity index (χ4n) is 2.20. The Morgan fingerprint density at radius 3 is 2.62 bits per heavy atom. The zero-order valence-electron chi connectivity index (χ0n) is 14.5. The molecule has 0 radical (unpaired) electrons. The first-order chi connectivity index (χ1) is 11.2. The van der Waals surface area contributed by atoms with Crippen molar-refractivity contribution in [3.8, 4) is 0 Å². The molecule has 1 aromatic heterocycles. The Kier molecular flexibility index (Phi) is 9.89. The molecule has 0 spiro atoms. The van der Waals surface area contributed by atoms with E-state index in [1.807, 2.05) is 12.3 Å². The number of halogens is 1. The Morgan fingerprint density at radius 1 is 1.25 bits per heavy atom. The zero-order chi connectivity index (χ0) is 16.5. The highest BCUT2D eigenvalue weighted by Gasteiger charge is 2.03. The van der Waals surface area contributed by atoms with Crippen LogP contribution < -0.4 is 10.6 Å². The van der Waals surface area contributed by atoms with Gasteiger partial charge in [-0.15, -0.1) is 35.3 Å². The molecular formula is C17H26IN5S. The molecule has 0 saturated carbocycles. The standard InChI is InChI=1S/C17H25N5S.HI/c1-14-11-20-16(23-14)12-21-17(18-2)19-9-10-22(3)13-15-7-5-4-6-8-15;/h4-8,11H,9-10,12-13H2,1-3H3,(H2,18,19,21);1H. The van der Waals surface area contributed by atoms with Gasteiger partial charge in [0.05, 0.1) is 6.54 Å². The Hall–Kier alpha value is -1.19. The second kappa shape index (κ2) is 11.4. The van der Waals surface area contributed by atoms with Crippen LogP contribution in [-0.4, -0.2) is 43.0 Å². The molecule has 0 atom stereocenters. The summed E-state index contributed by atoms with van der Waals surface area (Å²) in [7, 11) is 3.92. The summed E-state index contributed by atoms with van der Waals surface area (Å²) in [4.78, 5) is 12.1. The summed E-state index contributed by atoms with van der Waals surface area (Å²) in [6.07, 6.45) is 1.90. The fourth-order valence-corrected chi connectivity index (χ4v) is 2.93. The molecule has 0 bridgehead atoms. The van der Waals surface area contributed by atoms with Gasteiger partial charge in [-0.05, 0) is 19.5 Å². The summed E-state index contributed by atoms with van der Waals surface area (Å²) >= 11 is 1.71. The molecule has 1 heterocycles. The van der Waals surface area contributed by atoms with E-state index in [2.05, 4.69) is 63.7 Å². The maximum atomic E-state index is 4.34. The van der Waals surface area contributed by atoms with E-state index in [9.17, 15) is 0 Å². The second-order valence-corrected chi connectivity index (χ2v) is 6.76. The van der Waals surface area contributed by atoms with Gasteiger partial charge in [0.25, 0.3) is 0 Å². The third kappa shape index (κ3) is 7.59. The molecule has 0 amide bonds. The maximum absolute atomic E-state index is 4.34. The zero-order valence-corrected chi connectivity index (χ0v) is 17.6. The predicted molar refractivity (Wildman–Crippen MR) is 113 cm³/mol. The quantitative estimate of drug-likeness (QED) is 0.380. The maximum Gasteiger partial charge on any atom is 0.191 e. The lowest BCUT2D eigenvalue weighted by molar-refractivity contribution is 0.331. The summed E-state index contributed by atoms with van der Waals surface area (Å²) in [5, 5.41) is 7.70. The molecule has 7 heteroatoms. The van der Waals surface area contributed by atoms with E-state index in [0.717, 1.165) is 30.6 Å². The van der Waals surface area contributed by atoms with Crippen molar-refractivity contribution in [3.63, 3.8) is 0 Å². The summed E-state index contributed by atoms with van der Waals surface area (Å²) in [6, 6.07) is 10.5. The molecule has 2 aromatic rings. The topological polar surface area (TPSA) is 52.6 Å². The number of aryl methyl sites for hydroxylation is 1. The summed E-state index contributed by atoms with van der Waals surface area (Å²) in [6.45, 7) is 5.52. The molecule has 0 saturated heterocycles. The van der Waals surface area contributed by atoms with E-state index in [-0.39, 0.29) is 24.0 Å². The number of benzene rings is 1. The van der Waals surface area contributed by atoms with Crippen LogP contribution in [0.15, 0.2) is 41.5 Å². The molecular weight excluding hydrogens is 433 g/mol. The summed E-state index contributed by atoms with van der Waals surface area (Å²) in [5.74, 6) is 0.811. The highest BCUT2D eigenvalue weighted by Crippen LogP contribution is 2.10. The van der Waals surface area contributed by atoms with Crippen LogP contribution in [0.5, 0.6) is 0 Å². The average molecular weight is 459 g/mol. The minimum absolute atomic E-state index is 0. The SMILES string of the molecule is CN=C(NCCN(C)Cc1ccccc1)NCc1ncc(C)s1.I. The highest BCUT2D eigenvalue weighted by atomic mass is 127. The van der Waals surface area contributed by atoms with Gasteiger partial charge >= 0.3 is 0 Å². The smallest absolute Gasteiger partial charge is 0.191 e. The van der Waals surface area contributed by atoms with Gasteiger partial charge in [-0.3, -0.25) is 4.99 Å². The second-order valence-electron chi connectivity index (χ2n) is 5.44. The molecule has 0 fully saturated rings. The van der Waals surface area contributed by atoms with Crippen molar-refractivity contribution in [2.24, 2.45) is 4.99 Å². The Morgan fingerprint density at radius 2 is 2.00 bits per heavy atom. The van der Waals surface area contributed by atoms with Gasteiger partial charge in [-0.25, -0.2) is 4.98 Å². The number of nitrogens with zero attached hydrogens (tertiary/aromatic N) is 3. The molecule has 132 valence electrons. The van der Waals surface area contributed by atoms with Gasteiger partial charge in [0.2, 0.25) is 0 Å². The average Bonchev–Trinajstić information content (AvgIpc) is 2.97. The minimum Gasteiger partial charge on any atom is -0.355 e. The number of hydrogen-bond acceptors (Lipinski definition) is 4. The van der Waals surface area contributed by atoms with Gasteiger partial charge < -0.3 is 15.5 Å². The molecule has 5 nitrogen and oxygen atoms in total. The number of aliphatic imine (C=N–C) groups is 1. The lowest BCUT2D eigenvalue weighted by Crippen LogP contribution is -2.40. The number of hydrogen-bond donors (Lipinski definition) is 2.